The molecule has 19 heavy (non-hydrogen) atoms. The molecule has 2 N–H and O–H groups in total. The fraction of sp³-hybridized carbons (Fsp3) is 0.417. The summed E-state index contributed by atoms with van der Waals surface area (Å²) < 4.78 is 18.8. The molecule has 1 heterocycles. The second-order valence-corrected chi connectivity index (χ2v) is 4.51. The third-order valence-electron chi connectivity index (χ3n) is 2.62. The first kappa shape index (κ1) is 16.2. The Hall–Kier alpha value is -0.880. The molecule has 0 bridgehead atoms. The number of hydrogen-bond acceptors (Lipinski definition) is 3. The van der Waals surface area contributed by atoms with Gasteiger partial charge in [-0.15, -0.1) is 12.4 Å². The summed E-state index contributed by atoms with van der Waals surface area (Å²) in [6.45, 7) is 2.02. The van der Waals surface area contributed by atoms with Gasteiger partial charge in [-0.05, 0) is 18.2 Å². The zero-order valence-corrected chi connectivity index (χ0v) is 11.7. The molecule has 4 nitrogen and oxygen atoms in total. The molecule has 1 aliphatic heterocycles. The highest BCUT2D eigenvalue weighted by Crippen LogP contribution is 2.19. The lowest BCUT2D eigenvalue weighted by Crippen LogP contribution is -2.40. The minimum atomic E-state index is -0.543. The second-order valence-electron chi connectivity index (χ2n) is 4.07. The van der Waals surface area contributed by atoms with E-state index in [4.69, 9.17) is 16.3 Å². The van der Waals surface area contributed by atoms with Gasteiger partial charge in [-0.2, -0.15) is 0 Å². The largest absolute Gasteiger partial charge is 0.375 e. The first-order valence-electron chi connectivity index (χ1n) is 5.72. The van der Waals surface area contributed by atoms with Crippen molar-refractivity contribution in [1.82, 2.24) is 5.32 Å². The molecular formula is C12H15Cl2FN2O2. The van der Waals surface area contributed by atoms with Crippen LogP contribution in [-0.4, -0.2) is 31.7 Å². The summed E-state index contributed by atoms with van der Waals surface area (Å²) in [6, 6.07) is 4.13. The van der Waals surface area contributed by atoms with Crippen LogP contribution >= 0.6 is 24.0 Å². The molecule has 0 saturated carbocycles. The van der Waals surface area contributed by atoms with E-state index in [1.807, 2.05) is 0 Å². The van der Waals surface area contributed by atoms with Crippen molar-refractivity contribution in [3.05, 3.63) is 29.0 Å². The summed E-state index contributed by atoms with van der Waals surface area (Å²) in [5, 5.41) is 5.93. The van der Waals surface area contributed by atoms with Crippen LogP contribution < -0.4 is 10.6 Å². The minimum Gasteiger partial charge on any atom is -0.375 e. The van der Waals surface area contributed by atoms with Gasteiger partial charge in [0.15, 0.2) is 0 Å². The number of carbonyl (C=O) groups is 1. The fourth-order valence-corrected chi connectivity index (χ4v) is 1.91. The van der Waals surface area contributed by atoms with E-state index in [0.717, 1.165) is 12.6 Å². The Morgan fingerprint density at radius 2 is 2.37 bits per heavy atom. The minimum absolute atomic E-state index is 0. The van der Waals surface area contributed by atoms with E-state index >= 15 is 0 Å². The number of hydrogen-bond donors (Lipinski definition) is 2. The van der Waals surface area contributed by atoms with Gasteiger partial charge in [0.1, 0.15) is 5.82 Å². The number of rotatable bonds is 3. The maximum absolute atomic E-state index is 13.4. The van der Waals surface area contributed by atoms with Crippen molar-refractivity contribution in [1.29, 1.82) is 0 Å². The molecule has 1 aliphatic rings. The van der Waals surface area contributed by atoms with Gasteiger partial charge in [0, 0.05) is 18.1 Å². The highest BCUT2D eigenvalue weighted by atomic mass is 35.5. The van der Waals surface area contributed by atoms with Crippen molar-refractivity contribution in [2.24, 2.45) is 0 Å². The van der Waals surface area contributed by atoms with Gasteiger partial charge in [0.25, 0.3) is 0 Å². The molecule has 1 aromatic carbocycles. The quantitative estimate of drug-likeness (QED) is 0.900. The number of benzene rings is 1. The summed E-state index contributed by atoms with van der Waals surface area (Å²) >= 11 is 5.63. The van der Waals surface area contributed by atoms with E-state index in [2.05, 4.69) is 10.6 Å². The maximum Gasteiger partial charge on any atom is 0.227 e. The Labute approximate surface area is 122 Å². The van der Waals surface area contributed by atoms with E-state index in [1.165, 1.54) is 12.1 Å². The number of halogens is 3. The van der Waals surface area contributed by atoms with Gasteiger partial charge in [0.2, 0.25) is 5.91 Å². The normalized spacial score (nSPS) is 18.5. The highest BCUT2D eigenvalue weighted by Gasteiger charge is 2.18. The van der Waals surface area contributed by atoms with Crippen LogP contribution in [0.5, 0.6) is 0 Å². The first-order valence-corrected chi connectivity index (χ1v) is 6.10. The third kappa shape index (κ3) is 4.95. The zero-order chi connectivity index (χ0) is 13.0. The van der Waals surface area contributed by atoms with Gasteiger partial charge >= 0.3 is 0 Å². The van der Waals surface area contributed by atoms with Crippen molar-refractivity contribution >= 4 is 35.6 Å². The fourth-order valence-electron chi connectivity index (χ4n) is 1.75. The van der Waals surface area contributed by atoms with E-state index in [-0.39, 0.29) is 36.5 Å². The Morgan fingerprint density at radius 3 is 3.00 bits per heavy atom. The van der Waals surface area contributed by atoms with Gasteiger partial charge in [0.05, 0.1) is 24.8 Å². The number of carbonyl (C=O) groups excluding carboxylic acids is 1. The number of nitrogens with one attached hydrogen (secondary N) is 2. The molecular weight excluding hydrogens is 294 g/mol. The highest BCUT2D eigenvalue weighted by molar-refractivity contribution is 6.30. The monoisotopic (exact) mass is 308 g/mol. The lowest BCUT2D eigenvalue weighted by molar-refractivity contribution is -0.119. The molecule has 1 fully saturated rings. The van der Waals surface area contributed by atoms with Crippen LogP contribution in [0.2, 0.25) is 5.02 Å². The molecule has 1 aromatic rings. The molecule has 1 unspecified atom stereocenters. The smallest absolute Gasteiger partial charge is 0.227 e. The predicted molar refractivity (Wildman–Crippen MR) is 74.5 cm³/mol. The second kappa shape index (κ2) is 7.65. The number of morpholine rings is 1. The van der Waals surface area contributed by atoms with Gasteiger partial charge in [-0.3, -0.25) is 4.79 Å². The Morgan fingerprint density at radius 1 is 1.58 bits per heavy atom. The van der Waals surface area contributed by atoms with E-state index < -0.39 is 5.82 Å². The summed E-state index contributed by atoms with van der Waals surface area (Å²) in [5.74, 6) is -0.816. The maximum atomic E-state index is 13.4. The average molecular weight is 309 g/mol. The molecule has 2 rings (SSSR count). The number of ether oxygens (including phenoxy) is 1. The lowest BCUT2D eigenvalue weighted by atomic mass is 10.2. The van der Waals surface area contributed by atoms with Crippen molar-refractivity contribution < 1.29 is 13.9 Å². The van der Waals surface area contributed by atoms with Crippen LogP contribution in [0, 0.1) is 5.82 Å². The van der Waals surface area contributed by atoms with Gasteiger partial charge in [-0.25, -0.2) is 4.39 Å². The Bertz CT molecular complexity index is 440. The van der Waals surface area contributed by atoms with Crippen LogP contribution in [0.25, 0.3) is 0 Å². The van der Waals surface area contributed by atoms with Crippen molar-refractivity contribution in [3.8, 4) is 0 Å². The lowest BCUT2D eigenvalue weighted by Gasteiger charge is -2.23. The molecule has 1 saturated heterocycles. The summed E-state index contributed by atoms with van der Waals surface area (Å²) in [7, 11) is 0. The molecule has 106 valence electrons. The van der Waals surface area contributed by atoms with Crippen LogP contribution in [0.15, 0.2) is 18.2 Å². The molecule has 0 spiro atoms. The summed E-state index contributed by atoms with van der Waals surface area (Å²) in [4.78, 5) is 11.7. The summed E-state index contributed by atoms with van der Waals surface area (Å²) in [5.41, 5.74) is 0.133. The van der Waals surface area contributed by atoms with E-state index in [1.54, 1.807) is 0 Å². The standard InChI is InChI=1S/C12H14ClFN2O2.ClH/c13-8-1-2-11(10(14)5-8)16-12(17)6-9-7-15-3-4-18-9;/h1-2,5,9,15H,3-4,6-7H2,(H,16,17);1H. The first-order chi connectivity index (χ1) is 8.65. The van der Waals surface area contributed by atoms with Crippen molar-refractivity contribution in [3.63, 3.8) is 0 Å². The van der Waals surface area contributed by atoms with Crippen LogP contribution in [0.1, 0.15) is 6.42 Å². The third-order valence-corrected chi connectivity index (χ3v) is 2.86. The van der Waals surface area contributed by atoms with E-state index in [0.29, 0.717) is 18.2 Å². The zero-order valence-electron chi connectivity index (χ0n) is 10.1. The van der Waals surface area contributed by atoms with Gasteiger partial charge in [-0.1, -0.05) is 11.6 Å². The Balaban J connectivity index is 0.00000180. The predicted octanol–water partition coefficient (Wildman–Crippen LogP) is 2.22. The summed E-state index contributed by atoms with van der Waals surface area (Å²) in [6.07, 6.45) is 0.0452. The van der Waals surface area contributed by atoms with Crippen molar-refractivity contribution in [2.75, 3.05) is 25.0 Å². The molecule has 1 amide bonds. The van der Waals surface area contributed by atoms with Crippen molar-refractivity contribution in [2.45, 2.75) is 12.5 Å². The molecule has 0 aromatic heterocycles. The number of amides is 1. The topological polar surface area (TPSA) is 50.4 Å². The van der Waals surface area contributed by atoms with Gasteiger partial charge < -0.3 is 15.4 Å². The Kier molecular flexibility index (Phi) is 6.51. The van der Waals surface area contributed by atoms with Crippen LogP contribution in [0.4, 0.5) is 10.1 Å². The molecule has 0 radical (unpaired) electrons. The number of anilines is 1. The molecule has 7 heteroatoms. The average Bonchev–Trinajstić information content (AvgIpc) is 2.34. The SMILES string of the molecule is Cl.O=C(CC1CNCCO1)Nc1ccc(Cl)cc1F. The van der Waals surface area contributed by atoms with E-state index in [9.17, 15) is 9.18 Å². The molecule has 1 atom stereocenters. The van der Waals surface area contributed by atoms with Crippen LogP contribution in [-0.2, 0) is 9.53 Å². The molecule has 0 aliphatic carbocycles. The van der Waals surface area contributed by atoms with Crippen LogP contribution in [0.3, 0.4) is 0 Å².